The molecule has 13 heteroatoms. The highest BCUT2D eigenvalue weighted by Gasteiger charge is 2.31. The SMILES string of the molecule is CC(C)CC(NC(=O)C(N)CCC(N)=O)C(=O)NC(CCC(=O)O)C(=O)NC(C(=O)O)C(C)C. The van der Waals surface area contributed by atoms with E-state index in [1.54, 1.807) is 27.7 Å². The van der Waals surface area contributed by atoms with Crippen LogP contribution in [0, 0.1) is 11.8 Å². The van der Waals surface area contributed by atoms with Gasteiger partial charge in [-0.25, -0.2) is 4.79 Å². The van der Waals surface area contributed by atoms with E-state index >= 15 is 0 Å². The lowest BCUT2D eigenvalue weighted by atomic mass is 10.0. The lowest BCUT2D eigenvalue weighted by molar-refractivity contribution is -0.144. The second-order valence-electron chi connectivity index (χ2n) is 8.86. The molecule has 0 heterocycles. The largest absolute Gasteiger partial charge is 0.481 e. The minimum Gasteiger partial charge on any atom is -0.481 e. The molecule has 0 aliphatic carbocycles. The fourth-order valence-electron chi connectivity index (χ4n) is 2.99. The maximum absolute atomic E-state index is 12.9. The highest BCUT2D eigenvalue weighted by molar-refractivity contribution is 5.94. The third-order valence-electron chi connectivity index (χ3n) is 4.89. The van der Waals surface area contributed by atoms with Crippen LogP contribution in [0.1, 0.15) is 59.8 Å². The number of carboxylic acids is 2. The zero-order chi connectivity index (χ0) is 26.6. The molecule has 0 aromatic heterocycles. The van der Waals surface area contributed by atoms with Crippen LogP contribution in [0.5, 0.6) is 0 Å². The minimum absolute atomic E-state index is 0.0212. The fraction of sp³-hybridized carbons (Fsp3) is 0.714. The van der Waals surface area contributed by atoms with Crippen molar-refractivity contribution in [2.75, 3.05) is 0 Å². The van der Waals surface area contributed by atoms with Crippen LogP contribution in [-0.2, 0) is 28.8 Å². The Morgan fingerprint density at radius 1 is 0.765 bits per heavy atom. The summed E-state index contributed by atoms with van der Waals surface area (Å²) >= 11 is 0. The lowest BCUT2D eigenvalue weighted by Crippen LogP contribution is -2.57. The smallest absolute Gasteiger partial charge is 0.326 e. The van der Waals surface area contributed by atoms with Crippen molar-refractivity contribution in [2.45, 2.75) is 84.0 Å². The van der Waals surface area contributed by atoms with Crippen LogP contribution < -0.4 is 27.4 Å². The second kappa shape index (κ2) is 14.8. The number of carbonyl (C=O) groups excluding carboxylic acids is 4. The zero-order valence-corrected chi connectivity index (χ0v) is 20.0. The van der Waals surface area contributed by atoms with Gasteiger partial charge >= 0.3 is 11.9 Å². The lowest BCUT2D eigenvalue weighted by Gasteiger charge is -2.26. The molecule has 0 aromatic carbocycles. The molecular weight excluding hydrogens is 450 g/mol. The van der Waals surface area contributed by atoms with Crippen LogP contribution in [0.2, 0.25) is 0 Å². The molecule has 0 aliphatic heterocycles. The van der Waals surface area contributed by atoms with Crippen LogP contribution in [0.3, 0.4) is 0 Å². The van der Waals surface area contributed by atoms with Crippen molar-refractivity contribution in [1.29, 1.82) is 0 Å². The third kappa shape index (κ3) is 12.1. The van der Waals surface area contributed by atoms with E-state index in [0.717, 1.165) is 0 Å². The quantitative estimate of drug-likeness (QED) is 0.137. The molecule has 0 saturated carbocycles. The first-order valence-electron chi connectivity index (χ1n) is 11.0. The Kier molecular flexibility index (Phi) is 13.4. The molecule has 0 bridgehead atoms. The van der Waals surface area contributed by atoms with E-state index in [1.165, 1.54) is 0 Å². The number of hydrogen-bond acceptors (Lipinski definition) is 7. The highest BCUT2D eigenvalue weighted by Crippen LogP contribution is 2.09. The summed E-state index contributed by atoms with van der Waals surface area (Å²) in [5.74, 6) is -5.95. The van der Waals surface area contributed by atoms with E-state index in [2.05, 4.69) is 16.0 Å². The van der Waals surface area contributed by atoms with Gasteiger partial charge in [0.2, 0.25) is 23.6 Å². The van der Waals surface area contributed by atoms with Crippen LogP contribution >= 0.6 is 0 Å². The first kappa shape index (κ1) is 30.8. The average Bonchev–Trinajstić information content (AvgIpc) is 2.70. The van der Waals surface area contributed by atoms with Crippen LogP contribution in [0.15, 0.2) is 0 Å². The Bertz CT molecular complexity index is 755. The van der Waals surface area contributed by atoms with Crippen LogP contribution in [-0.4, -0.2) is 69.9 Å². The molecule has 13 nitrogen and oxygen atoms in total. The number of carboxylic acid groups (broad SMARTS) is 2. The van der Waals surface area contributed by atoms with Crippen molar-refractivity contribution < 1.29 is 39.0 Å². The maximum Gasteiger partial charge on any atom is 0.326 e. The molecular formula is C21H37N5O8. The summed E-state index contributed by atoms with van der Waals surface area (Å²) in [5, 5.41) is 25.5. The van der Waals surface area contributed by atoms with Gasteiger partial charge < -0.3 is 37.6 Å². The number of nitrogens with two attached hydrogens (primary N) is 2. The number of amides is 4. The molecule has 0 rings (SSSR count). The molecule has 0 aromatic rings. The average molecular weight is 488 g/mol. The Labute approximate surface area is 198 Å². The molecule has 34 heavy (non-hydrogen) atoms. The predicted octanol–water partition coefficient (Wildman–Crippen LogP) is -1.31. The minimum atomic E-state index is -1.35. The van der Waals surface area contributed by atoms with Crippen molar-refractivity contribution in [2.24, 2.45) is 23.3 Å². The third-order valence-corrected chi connectivity index (χ3v) is 4.89. The van der Waals surface area contributed by atoms with Crippen LogP contribution in [0.4, 0.5) is 0 Å². The Balaban J connectivity index is 5.54. The van der Waals surface area contributed by atoms with Crippen molar-refractivity contribution in [3.05, 3.63) is 0 Å². The van der Waals surface area contributed by atoms with E-state index in [-0.39, 0.29) is 31.6 Å². The number of aliphatic carboxylic acids is 2. The van der Waals surface area contributed by atoms with Gasteiger partial charge in [-0.15, -0.1) is 0 Å². The number of primary amides is 1. The predicted molar refractivity (Wildman–Crippen MR) is 121 cm³/mol. The van der Waals surface area contributed by atoms with E-state index < -0.39 is 72.1 Å². The van der Waals surface area contributed by atoms with Gasteiger partial charge in [0, 0.05) is 12.8 Å². The molecule has 0 radical (unpaired) electrons. The second-order valence-corrected chi connectivity index (χ2v) is 8.86. The summed E-state index contributed by atoms with van der Waals surface area (Å²) in [6.45, 7) is 6.77. The number of hydrogen-bond donors (Lipinski definition) is 7. The summed E-state index contributed by atoms with van der Waals surface area (Å²) in [4.78, 5) is 71.4. The van der Waals surface area contributed by atoms with E-state index in [4.69, 9.17) is 16.6 Å². The van der Waals surface area contributed by atoms with Gasteiger partial charge in [-0.2, -0.15) is 0 Å². The topological polar surface area (TPSA) is 231 Å². The van der Waals surface area contributed by atoms with Gasteiger partial charge in [-0.05, 0) is 31.1 Å². The first-order chi connectivity index (χ1) is 15.6. The summed E-state index contributed by atoms with van der Waals surface area (Å²) in [6.07, 6.45) is -0.716. The number of carbonyl (C=O) groups is 6. The summed E-state index contributed by atoms with van der Waals surface area (Å²) < 4.78 is 0. The van der Waals surface area contributed by atoms with Gasteiger partial charge in [0.15, 0.2) is 0 Å². The Hall–Kier alpha value is -3.22. The molecule has 4 amide bonds. The summed E-state index contributed by atoms with van der Waals surface area (Å²) in [5.41, 5.74) is 10.8. The van der Waals surface area contributed by atoms with Gasteiger partial charge in [-0.3, -0.25) is 24.0 Å². The van der Waals surface area contributed by atoms with Crippen molar-refractivity contribution in [3.63, 3.8) is 0 Å². The fourth-order valence-corrected chi connectivity index (χ4v) is 2.99. The molecule has 0 aliphatic rings. The molecule has 0 saturated heterocycles. The van der Waals surface area contributed by atoms with Crippen molar-refractivity contribution in [1.82, 2.24) is 16.0 Å². The number of nitrogens with one attached hydrogen (secondary N) is 3. The maximum atomic E-state index is 12.9. The van der Waals surface area contributed by atoms with Gasteiger partial charge in [0.1, 0.15) is 18.1 Å². The van der Waals surface area contributed by atoms with Crippen molar-refractivity contribution in [3.8, 4) is 0 Å². The Morgan fingerprint density at radius 3 is 1.74 bits per heavy atom. The van der Waals surface area contributed by atoms with E-state index in [1.807, 2.05) is 0 Å². The molecule has 0 spiro atoms. The monoisotopic (exact) mass is 487 g/mol. The molecule has 194 valence electrons. The van der Waals surface area contributed by atoms with E-state index in [0.29, 0.717) is 0 Å². The van der Waals surface area contributed by atoms with Gasteiger partial charge in [0.05, 0.1) is 6.04 Å². The molecule has 4 unspecified atom stereocenters. The van der Waals surface area contributed by atoms with Crippen molar-refractivity contribution >= 4 is 35.6 Å². The number of rotatable bonds is 16. The van der Waals surface area contributed by atoms with Gasteiger partial charge in [-0.1, -0.05) is 27.7 Å². The van der Waals surface area contributed by atoms with E-state index in [9.17, 15) is 33.9 Å². The summed E-state index contributed by atoms with van der Waals surface area (Å²) in [7, 11) is 0. The molecule has 9 N–H and O–H groups in total. The standard InChI is InChI=1S/C21H37N5O8/c1-10(2)9-14(25-18(30)12(22)5-7-15(23)27)20(32)24-13(6-8-16(28)29)19(31)26-17(11(3)4)21(33)34/h10-14,17H,5-9,22H2,1-4H3,(H2,23,27)(H,24,32)(H,25,30)(H,26,31)(H,28,29)(H,33,34). The zero-order valence-electron chi connectivity index (χ0n) is 20.0. The Morgan fingerprint density at radius 2 is 1.29 bits per heavy atom. The molecule has 0 fully saturated rings. The van der Waals surface area contributed by atoms with Gasteiger partial charge in [0.25, 0.3) is 0 Å². The normalized spacial score (nSPS) is 14.6. The summed E-state index contributed by atoms with van der Waals surface area (Å²) in [6, 6.07) is -4.79. The molecule has 4 atom stereocenters. The highest BCUT2D eigenvalue weighted by atomic mass is 16.4. The first-order valence-corrected chi connectivity index (χ1v) is 11.0. The van der Waals surface area contributed by atoms with Crippen LogP contribution in [0.25, 0.3) is 0 Å².